The first-order chi connectivity index (χ1) is 7.59. The first-order valence-corrected chi connectivity index (χ1v) is 6.28. The molecule has 0 atom stereocenters. The van der Waals surface area contributed by atoms with Crippen molar-refractivity contribution in [1.82, 2.24) is 0 Å². The Balaban J connectivity index is 2.49. The fourth-order valence-corrected chi connectivity index (χ4v) is 2.20. The maximum atomic E-state index is 12.1. The fraction of sp³-hybridized carbons (Fsp3) is 0. The van der Waals surface area contributed by atoms with Crippen molar-refractivity contribution in [2.75, 3.05) is 0 Å². The molecule has 0 aliphatic rings. The summed E-state index contributed by atoms with van der Waals surface area (Å²) >= 11 is 12.5. The van der Waals surface area contributed by atoms with Gasteiger partial charge in [0.15, 0.2) is 5.76 Å². The quantitative estimate of drug-likeness (QED) is 0.724. The van der Waals surface area contributed by atoms with E-state index in [2.05, 4.69) is 31.9 Å². The number of furan rings is 1. The van der Waals surface area contributed by atoms with Crippen LogP contribution in [0.1, 0.15) is 16.1 Å². The molecule has 0 saturated heterocycles. The van der Waals surface area contributed by atoms with E-state index in [0.29, 0.717) is 15.1 Å². The Hall–Kier alpha value is -0.580. The lowest BCUT2D eigenvalue weighted by Gasteiger charge is -2.02. The van der Waals surface area contributed by atoms with Gasteiger partial charge < -0.3 is 4.42 Å². The first kappa shape index (κ1) is 11.9. The van der Waals surface area contributed by atoms with Gasteiger partial charge in [-0.05, 0) is 40.2 Å². The number of hydrogen-bond acceptors (Lipinski definition) is 2. The molecule has 0 fully saturated rings. The van der Waals surface area contributed by atoms with Gasteiger partial charge in [-0.1, -0.05) is 27.5 Å². The van der Waals surface area contributed by atoms with E-state index in [-0.39, 0.29) is 11.5 Å². The maximum Gasteiger partial charge on any atom is 0.230 e. The molecule has 0 N–H and O–H groups in total. The van der Waals surface area contributed by atoms with Gasteiger partial charge in [-0.25, -0.2) is 0 Å². The number of hydrogen-bond donors (Lipinski definition) is 0. The van der Waals surface area contributed by atoms with E-state index in [1.165, 1.54) is 6.26 Å². The van der Waals surface area contributed by atoms with Crippen molar-refractivity contribution >= 4 is 49.2 Å². The molecule has 0 aliphatic heterocycles. The average Bonchev–Trinajstić information content (AvgIpc) is 2.67. The number of carbonyl (C=O) groups excluding carboxylic acids is 1. The molecule has 82 valence electrons. The Kier molecular flexibility index (Phi) is 3.52. The smallest absolute Gasteiger partial charge is 0.230 e. The summed E-state index contributed by atoms with van der Waals surface area (Å²) in [5.41, 5.74) is 0.409. The summed E-state index contributed by atoms with van der Waals surface area (Å²) in [7, 11) is 0. The Morgan fingerprint density at radius 2 is 2.00 bits per heavy atom. The van der Waals surface area contributed by atoms with Crippen molar-refractivity contribution in [2.24, 2.45) is 0 Å². The van der Waals surface area contributed by atoms with Crippen LogP contribution in [-0.2, 0) is 0 Å². The molecule has 5 heteroatoms. The zero-order valence-corrected chi connectivity index (χ0v) is 11.8. The van der Waals surface area contributed by atoms with Gasteiger partial charge >= 0.3 is 0 Å². The van der Waals surface area contributed by atoms with Crippen molar-refractivity contribution in [3.05, 3.63) is 55.8 Å². The zero-order valence-electron chi connectivity index (χ0n) is 7.84. The first-order valence-electron chi connectivity index (χ1n) is 4.32. The molecule has 0 radical (unpaired) electrons. The van der Waals surface area contributed by atoms with Crippen LogP contribution >= 0.6 is 43.5 Å². The van der Waals surface area contributed by atoms with Crippen LogP contribution < -0.4 is 0 Å². The topological polar surface area (TPSA) is 30.2 Å². The molecule has 1 aromatic heterocycles. The summed E-state index contributed by atoms with van der Waals surface area (Å²) in [4.78, 5) is 12.1. The molecule has 0 amide bonds. The van der Waals surface area contributed by atoms with Crippen LogP contribution in [0.4, 0.5) is 0 Å². The Morgan fingerprint density at radius 3 is 2.62 bits per heavy atom. The lowest BCUT2D eigenvalue weighted by molar-refractivity contribution is 0.101. The van der Waals surface area contributed by atoms with Crippen LogP contribution in [0, 0.1) is 0 Å². The summed E-state index contributed by atoms with van der Waals surface area (Å²) in [5, 5.41) is 0.400. The summed E-state index contributed by atoms with van der Waals surface area (Å²) in [6.07, 6.45) is 1.45. The van der Waals surface area contributed by atoms with E-state index in [4.69, 9.17) is 16.0 Å². The molecule has 2 aromatic rings. The molecule has 0 spiro atoms. The zero-order chi connectivity index (χ0) is 11.7. The van der Waals surface area contributed by atoms with Gasteiger partial charge in [0.1, 0.15) is 0 Å². The van der Waals surface area contributed by atoms with Crippen LogP contribution in [0.25, 0.3) is 0 Å². The van der Waals surface area contributed by atoms with Crippen molar-refractivity contribution in [1.29, 1.82) is 0 Å². The molecular formula is C11H5Br2ClO2. The molecule has 0 aliphatic carbocycles. The molecule has 0 bridgehead atoms. The lowest BCUT2D eigenvalue weighted by Crippen LogP contribution is -2.01. The number of halogens is 3. The monoisotopic (exact) mass is 362 g/mol. The van der Waals surface area contributed by atoms with E-state index in [1.54, 1.807) is 24.3 Å². The van der Waals surface area contributed by atoms with Crippen LogP contribution in [0.2, 0.25) is 5.02 Å². The predicted octanol–water partition coefficient (Wildman–Crippen LogP) is 4.69. The fourth-order valence-electron chi connectivity index (χ4n) is 1.25. The molecule has 0 saturated carbocycles. The Bertz CT molecular complexity index is 549. The van der Waals surface area contributed by atoms with Crippen molar-refractivity contribution in [3.63, 3.8) is 0 Å². The van der Waals surface area contributed by atoms with E-state index in [0.717, 1.165) is 4.47 Å². The third-order valence-electron chi connectivity index (χ3n) is 2.00. The van der Waals surface area contributed by atoms with Crippen molar-refractivity contribution < 1.29 is 9.21 Å². The molecule has 2 nitrogen and oxygen atoms in total. The normalized spacial score (nSPS) is 10.4. The van der Waals surface area contributed by atoms with E-state index >= 15 is 0 Å². The highest BCUT2D eigenvalue weighted by molar-refractivity contribution is 9.10. The highest BCUT2D eigenvalue weighted by Gasteiger charge is 2.18. The summed E-state index contributed by atoms with van der Waals surface area (Å²) < 4.78 is 6.52. The van der Waals surface area contributed by atoms with Gasteiger partial charge in [-0.15, -0.1) is 0 Å². The molecular weight excluding hydrogens is 359 g/mol. The predicted molar refractivity (Wildman–Crippen MR) is 69.0 cm³/mol. The van der Waals surface area contributed by atoms with Crippen molar-refractivity contribution in [2.45, 2.75) is 0 Å². The number of carbonyl (C=O) groups is 1. The van der Waals surface area contributed by atoms with Gasteiger partial charge in [0.25, 0.3) is 0 Å². The van der Waals surface area contributed by atoms with Gasteiger partial charge in [-0.2, -0.15) is 0 Å². The Labute approximate surface area is 114 Å². The van der Waals surface area contributed by atoms with Gasteiger partial charge in [0.2, 0.25) is 5.78 Å². The second-order valence-corrected chi connectivity index (χ2v) is 5.23. The molecule has 16 heavy (non-hydrogen) atoms. The molecule has 1 aromatic carbocycles. The number of rotatable bonds is 2. The third-order valence-corrected chi connectivity index (χ3v) is 3.44. The second-order valence-electron chi connectivity index (χ2n) is 3.05. The summed E-state index contributed by atoms with van der Waals surface area (Å²) in [6.45, 7) is 0. The molecule has 1 heterocycles. The van der Waals surface area contributed by atoms with Crippen LogP contribution in [-0.4, -0.2) is 5.78 Å². The minimum atomic E-state index is -0.247. The highest BCUT2D eigenvalue weighted by Crippen LogP contribution is 2.27. The second kappa shape index (κ2) is 4.73. The average molecular weight is 364 g/mol. The van der Waals surface area contributed by atoms with Crippen molar-refractivity contribution in [3.8, 4) is 0 Å². The molecule has 0 unspecified atom stereocenters. The Morgan fingerprint density at radius 1 is 1.25 bits per heavy atom. The number of benzene rings is 1. The van der Waals surface area contributed by atoms with E-state index < -0.39 is 0 Å². The number of ketones is 1. The van der Waals surface area contributed by atoms with Crippen LogP contribution in [0.3, 0.4) is 0 Å². The molecule has 2 rings (SSSR count). The third kappa shape index (κ3) is 2.24. The SMILES string of the molecule is O=C(c1cc(Br)ccc1Cl)c1occc1Br. The van der Waals surface area contributed by atoms with Gasteiger partial charge in [0, 0.05) is 10.0 Å². The summed E-state index contributed by atoms with van der Waals surface area (Å²) in [6, 6.07) is 6.77. The lowest BCUT2D eigenvalue weighted by atomic mass is 10.1. The largest absolute Gasteiger partial charge is 0.460 e. The summed E-state index contributed by atoms with van der Waals surface area (Å²) in [5.74, 6) is 0.00294. The van der Waals surface area contributed by atoms with Crippen LogP contribution in [0.15, 0.2) is 43.9 Å². The minimum Gasteiger partial charge on any atom is -0.460 e. The van der Waals surface area contributed by atoms with E-state index in [9.17, 15) is 4.79 Å². The standard InChI is InChI=1S/C11H5Br2ClO2/c12-6-1-2-9(14)7(5-6)10(15)11-8(13)3-4-16-11/h1-5H. The highest BCUT2D eigenvalue weighted by atomic mass is 79.9. The van der Waals surface area contributed by atoms with E-state index in [1.807, 2.05) is 0 Å². The van der Waals surface area contributed by atoms with Gasteiger partial charge in [0.05, 0.1) is 15.8 Å². The van der Waals surface area contributed by atoms with Gasteiger partial charge in [-0.3, -0.25) is 4.79 Å². The van der Waals surface area contributed by atoms with Crippen LogP contribution in [0.5, 0.6) is 0 Å². The maximum absolute atomic E-state index is 12.1. The minimum absolute atomic E-state index is 0.247.